The maximum absolute atomic E-state index is 3.90. The zero-order valence-corrected chi connectivity index (χ0v) is 6.52. The van der Waals surface area contributed by atoms with Crippen molar-refractivity contribution >= 4 is 0 Å². The van der Waals surface area contributed by atoms with Crippen LogP contribution in [0, 0.1) is 0 Å². The van der Waals surface area contributed by atoms with E-state index < -0.39 is 0 Å². The van der Waals surface area contributed by atoms with Gasteiger partial charge in [-0.15, -0.1) is 0 Å². The molecular weight excluding hydrogens is 120 g/mol. The molecule has 0 saturated heterocycles. The third kappa shape index (κ3) is 1.47. The molecule has 0 heterocycles. The average Bonchev–Trinajstić information content (AvgIpc) is 2.04. The Morgan fingerprint density at radius 3 is 2.50 bits per heavy atom. The molecule has 0 aromatic rings. The number of hydrogen-bond acceptors (Lipinski definition) is 0. The van der Waals surface area contributed by atoms with Gasteiger partial charge in [-0.05, 0) is 25.0 Å². The minimum absolute atomic E-state index is 1.10. The fourth-order valence-corrected chi connectivity index (χ4v) is 0.783. The number of allylic oxidation sites excluding steroid dienone is 7. The van der Waals surface area contributed by atoms with Gasteiger partial charge in [0.25, 0.3) is 0 Å². The highest BCUT2D eigenvalue weighted by Crippen LogP contribution is 2.13. The summed E-state index contributed by atoms with van der Waals surface area (Å²) in [6, 6.07) is 0. The van der Waals surface area contributed by atoms with E-state index in [9.17, 15) is 0 Å². The van der Waals surface area contributed by atoms with Gasteiger partial charge in [0.2, 0.25) is 0 Å². The highest BCUT2D eigenvalue weighted by Gasteiger charge is 1.93. The maximum atomic E-state index is 3.90. The highest BCUT2D eigenvalue weighted by molar-refractivity contribution is 5.44. The van der Waals surface area contributed by atoms with Gasteiger partial charge in [-0.3, -0.25) is 0 Å². The predicted molar refractivity (Wildman–Crippen MR) is 45.8 cm³/mol. The second-order valence-corrected chi connectivity index (χ2v) is 2.62. The van der Waals surface area contributed by atoms with E-state index in [2.05, 4.69) is 38.7 Å². The summed E-state index contributed by atoms with van der Waals surface area (Å²) in [4.78, 5) is 0. The molecule has 52 valence electrons. The second kappa shape index (κ2) is 2.70. The molecule has 0 aromatic carbocycles. The molecule has 1 aliphatic carbocycles. The lowest BCUT2D eigenvalue weighted by Crippen LogP contribution is -1.73. The average molecular weight is 132 g/mol. The molecule has 0 unspecified atom stereocenters. The molecule has 0 bridgehead atoms. The van der Waals surface area contributed by atoms with Crippen LogP contribution < -0.4 is 0 Å². The van der Waals surface area contributed by atoms with Crippen LogP contribution in [0.4, 0.5) is 0 Å². The Morgan fingerprint density at radius 2 is 1.80 bits per heavy atom. The van der Waals surface area contributed by atoms with Crippen molar-refractivity contribution in [1.82, 2.24) is 0 Å². The molecule has 0 aliphatic heterocycles. The smallest absolute Gasteiger partial charge is 0.0299 e. The predicted octanol–water partition coefficient (Wildman–Crippen LogP) is 3.01. The summed E-state index contributed by atoms with van der Waals surface area (Å²) >= 11 is 0. The third-order valence-corrected chi connectivity index (χ3v) is 1.65. The van der Waals surface area contributed by atoms with E-state index in [1.54, 1.807) is 0 Å². The molecule has 0 aromatic heterocycles. The molecule has 1 rings (SSSR count). The first-order chi connectivity index (χ1) is 4.70. The zero-order chi connectivity index (χ0) is 7.56. The maximum Gasteiger partial charge on any atom is -0.0299 e. The van der Waals surface area contributed by atoms with Crippen LogP contribution in [0.3, 0.4) is 0 Å². The molecule has 10 heavy (non-hydrogen) atoms. The first kappa shape index (κ1) is 7.07. The van der Waals surface area contributed by atoms with Crippen molar-refractivity contribution in [2.75, 3.05) is 0 Å². The minimum atomic E-state index is 1.10. The molecule has 0 atom stereocenters. The van der Waals surface area contributed by atoms with Crippen LogP contribution in [0.5, 0.6) is 0 Å². The van der Waals surface area contributed by atoms with Crippen molar-refractivity contribution in [3.8, 4) is 0 Å². The lowest BCUT2D eigenvalue weighted by molar-refractivity contribution is 1.45. The Morgan fingerprint density at radius 1 is 1.10 bits per heavy atom. The number of rotatable bonds is 0. The molecule has 0 heteroatoms. The lowest BCUT2D eigenvalue weighted by atomic mass is 10.1. The van der Waals surface area contributed by atoms with Crippen LogP contribution in [0.25, 0.3) is 0 Å². The normalized spacial score (nSPS) is 18.0. The van der Waals surface area contributed by atoms with Crippen LogP contribution in [0.2, 0.25) is 0 Å². The third-order valence-electron chi connectivity index (χ3n) is 1.65. The van der Waals surface area contributed by atoms with Crippen molar-refractivity contribution in [1.29, 1.82) is 0 Å². The quantitative estimate of drug-likeness (QED) is 0.475. The largest absolute Gasteiger partial charge is 0.0915 e. The van der Waals surface area contributed by atoms with E-state index in [0.717, 1.165) is 5.57 Å². The van der Waals surface area contributed by atoms with E-state index in [4.69, 9.17) is 0 Å². The molecular formula is C10H12. The summed E-state index contributed by atoms with van der Waals surface area (Å²) in [6.45, 7) is 8.05. The zero-order valence-electron chi connectivity index (χ0n) is 6.52. The summed E-state index contributed by atoms with van der Waals surface area (Å²) in [6.07, 6.45) is 8.32. The fraction of sp³-hybridized carbons (Fsp3) is 0.200. The molecule has 0 nitrogen and oxygen atoms in total. The van der Waals surface area contributed by atoms with Crippen LogP contribution in [-0.4, -0.2) is 0 Å². The lowest BCUT2D eigenvalue weighted by Gasteiger charge is -1.93. The Balaban J connectivity index is 2.99. The summed E-state index contributed by atoms with van der Waals surface area (Å²) in [7, 11) is 0. The van der Waals surface area contributed by atoms with Gasteiger partial charge in [0.05, 0.1) is 0 Å². The summed E-state index contributed by atoms with van der Waals surface area (Å²) in [5, 5.41) is 0. The van der Waals surface area contributed by atoms with Gasteiger partial charge in [-0.2, -0.15) is 0 Å². The molecule has 0 amide bonds. The van der Waals surface area contributed by atoms with Crippen LogP contribution in [-0.2, 0) is 0 Å². The topological polar surface area (TPSA) is 0 Å². The molecule has 0 saturated carbocycles. The second-order valence-electron chi connectivity index (χ2n) is 2.62. The van der Waals surface area contributed by atoms with Crippen molar-refractivity contribution in [2.45, 2.75) is 13.8 Å². The van der Waals surface area contributed by atoms with Gasteiger partial charge in [-0.1, -0.05) is 36.5 Å². The van der Waals surface area contributed by atoms with E-state index >= 15 is 0 Å². The summed E-state index contributed by atoms with van der Waals surface area (Å²) < 4.78 is 0. The van der Waals surface area contributed by atoms with Crippen molar-refractivity contribution in [3.63, 3.8) is 0 Å². The summed E-state index contributed by atoms with van der Waals surface area (Å²) in [5.74, 6) is 0. The minimum Gasteiger partial charge on any atom is -0.0915 e. The van der Waals surface area contributed by atoms with Crippen molar-refractivity contribution in [3.05, 3.63) is 47.6 Å². The van der Waals surface area contributed by atoms with Gasteiger partial charge in [0, 0.05) is 0 Å². The van der Waals surface area contributed by atoms with Gasteiger partial charge < -0.3 is 0 Å². The van der Waals surface area contributed by atoms with E-state index in [0.29, 0.717) is 0 Å². The van der Waals surface area contributed by atoms with Gasteiger partial charge >= 0.3 is 0 Å². The first-order valence-electron chi connectivity index (χ1n) is 3.42. The molecule has 0 spiro atoms. The fourth-order valence-electron chi connectivity index (χ4n) is 0.783. The Hall–Kier alpha value is -1.04. The molecule has 0 fully saturated rings. The highest BCUT2D eigenvalue weighted by atomic mass is 14.0. The van der Waals surface area contributed by atoms with Crippen LogP contribution in [0.15, 0.2) is 47.6 Å². The first-order valence-corrected chi connectivity index (χ1v) is 3.42. The van der Waals surface area contributed by atoms with Crippen molar-refractivity contribution < 1.29 is 0 Å². The van der Waals surface area contributed by atoms with E-state index in [1.165, 1.54) is 11.1 Å². The Bertz CT molecular complexity index is 237. The standard InChI is InChI=1S/C10H12/c1-8-4-6-9(2)10(3)7-5-8/h4-7H,2H2,1,3H3. The van der Waals surface area contributed by atoms with Gasteiger partial charge in [0.1, 0.15) is 0 Å². The number of hydrogen-bond donors (Lipinski definition) is 0. The molecule has 0 radical (unpaired) electrons. The van der Waals surface area contributed by atoms with Crippen LogP contribution in [0.1, 0.15) is 13.8 Å². The molecule has 0 N–H and O–H groups in total. The van der Waals surface area contributed by atoms with Gasteiger partial charge in [0.15, 0.2) is 0 Å². The summed E-state index contributed by atoms with van der Waals surface area (Å²) in [5.41, 5.74) is 3.62. The van der Waals surface area contributed by atoms with E-state index in [-0.39, 0.29) is 0 Å². The van der Waals surface area contributed by atoms with Crippen LogP contribution >= 0.6 is 0 Å². The SMILES string of the molecule is C=C1C=CC(C)=CC=C1C. The Labute approximate surface area is 62.3 Å². The monoisotopic (exact) mass is 132 g/mol. The van der Waals surface area contributed by atoms with Crippen molar-refractivity contribution in [2.24, 2.45) is 0 Å². The molecule has 1 aliphatic rings. The van der Waals surface area contributed by atoms with Gasteiger partial charge in [-0.25, -0.2) is 0 Å². The Kier molecular flexibility index (Phi) is 1.91. The van der Waals surface area contributed by atoms with E-state index in [1.807, 2.05) is 6.08 Å².